The Hall–Kier alpha value is -1.26. The lowest BCUT2D eigenvalue weighted by atomic mass is 10.2. The quantitative estimate of drug-likeness (QED) is 0.908. The highest BCUT2D eigenvalue weighted by molar-refractivity contribution is 7.09. The third kappa shape index (κ3) is 2.94. The molecule has 0 aliphatic carbocycles. The lowest BCUT2D eigenvalue weighted by Gasteiger charge is -2.14. The molecule has 18 heavy (non-hydrogen) atoms. The van der Waals surface area contributed by atoms with Crippen LogP contribution in [0.2, 0.25) is 5.02 Å². The molecule has 0 saturated carbocycles. The molecule has 0 bridgehead atoms. The zero-order chi connectivity index (χ0) is 13.1. The third-order valence-corrected chi connectivity index (χ3v) is 3.72. The first-order valence-electron chi connectivity index (χ1n) is 5.62. The minimum Gasteiger partial charge on any atom is -0.495 e. The Morgan fingerprint density at radius 2 is 2.22 bits per heavy atom. The lowest BCUT2D eigenvalue weighted by molar-refractivity contribution is 0.415. The molecule has 96 valence electrons. The maximum atomic E-state index is 5.99. The standard InChI is InChI=1S/C13H15ClN2OS/c1-8(12-7-18-9(2)16-12)15-10-4-5-11(14)13(6-10)17-3/h4-8,15H,1-3H3. The van der Waals surface area contributed by atoms with Gasteiger partial charge in [-0.3, -0.25) is 0 Å². The van der Waals surface area contributed by atoms with Crippen molar-refractivity contribution in [1.82, 2.24) is 4.98 Å². The van der Waals surface area contributed by atoms with Crippen molar-refractivity contribution in [1.29, 1.82) is 0 Å². The second-order valence-corrected chi connectivity index (χ2v) is 5.48. The summed E-state index contributed by atoms with van der Waals surface area (Å²) < 4.78 is 5.19. The van der Waals surface area contributed by atoms with Gasteiger partial charge >= 0.3 is 0 Å². The minimum absolute atomic E-state index is 0.154. The first kappa shape index (κ1) is 13.2. The van der Waals surface area contributed by atoms with Gasteiger partial charge in [-0.1, -0.05) is 11.6 Å². The average Bonchev–Trinajstić information content (AvgIpc) is 2.78. The van der Waals surface area contributed by atoms with Crippen LogP contribution in [0.5, 0.6) is 5.75 Å². The maximum Gasteiger partial charge on any atom is 0.139 e. The molecular formula is C13H15ClN2OS. The van der Waals surface area contributed by atoms with E-state index in [4.69, 9.17) is 16.3 Å². The van der Waals surface area contributed by atoms with Crippen molar-refractivity contribution in [3.8, 4) is 5.75 Å². The van der Waals surface area contributed by atoms with Gasteiger partial charge in [0.1, 0.15) is 5.75 Å². The molecule has 2 rings (SSSR count). The van der Waals surface area contributed by atoms with Gasteiger partial charge in [0.05, 0.1) is 28.9 Å². The first-order valence-corrected chi connectivity index (χ1v) is 6.88. The summed E-state index contributed by atoms with van der Waals surface area (Å²) in [5.74, 6) is 0.670. The summed E-state index contributed by atoms with van der Waals surface area (Å²) in [6, 6.07) is 5.79. The Labute approximate surface area is 116 Å². The fraction of sp³-hybridized carbons (Fsp3) is 0.308. The molecule has 3 nitrogen and oxygen atoms in total. The zero-order valence-electron chi connectivity index (χ0n) is 10.5. The number of halogens is 1. The van der Waals surface area contributed by atoms with Gasteiger partial charge < -0.3 is 10.1 Å². The molecule has 1 atom stereocenters. The molecule has 0 radical (unpaired) electrons. The van der Waals surface area contributed by atoms with Crippen molar-refractivity contribution < 1.29 is 4.74 Å². The molecule has 1 aromatic carbocycles. The molecule has 0 saturated heterocycles. The molecule has 0 fully saturated rings. The van der Waals surface area contributed by atoms with Crippen molar-refractivity contribution >= 4 is 28.6 Å². The van der Waals surface area contributed by atoms with Gasteiger partial charge in [-0.25, -0.2) is 4.98 Å². The van der Waals surface area contributed by atoms with E-state index in [1.807, 2.05) is 25.1 Å². The second kappa shape index (κ2) is 5.59. The Bertz CT molecular complexity index is 542. The van der Waals surface area contributed by atoms with E-state index in [1.165, 1.54) is 0 Å². The van der Waals surface area contributed by atoms with Crippen LogP contribution in [0.1, 0.15) is 23.7 Å². The molecule has 0 aliphatic heterocycles. The number of methoxy groups -OCH3 is 1. The summed E-state index contributed by atoms with van der Waals surface area (Å²) in [6.45, 7) is 4.09. The number of thiazole rings is 1. The second-order valence-electron chi connectivity index (χ2n) is 4.01. The number of anilines is 1. The van der Waals surface area contributed by atoms with E-state index in [9.17, 15) is 0 Å². The fourth-order valence-corrected chi connectivity index (χ4v) is 2.55. The lowest BCUT2D eigenvalue weighted by Crippen LogP contribution is -2.07. The van der Waals surface area contributed by atoms with Gasteiger partial charge in [-0.2, -0.15) is 0 Å². The van der Waals surface area contributed by atoms with Crippen molar-refractivity contribution in [3.63, 3.8) is 0 Å². The van der Waals surface area contributed by atoms with E-state index in [0.717, 1.165) is 16.4 Å². The third-order valence-electron chi connectivity index (χ3n) is 2.61. The topological polar surface area (TPSA) is 34.1 Å². The summed E-state index contributed by atoms with van der Waals surface area (Å²) in [5.41, 5.74) is 2.01. The Kier molecular flexibility index (Phi) is 4.09. The number of aryl methyl sites for hydroxylation is 1. The average molecular weight is 283 g/mol. The predicted molar refractivity (Wildman–Crippen MR) is 76.9 cm³/mol. The van der Waals surface area contributed by atoms with E-state index in [-0.39, 0.29) is 6.04 Å². The maximum absolute atomic E-state index is 5.99. The van der Waals surface area contributed by atoms with Crippen LogP contribution in [-0.2, 0) is 0 Å². The van der Waals surface area contributed by atoms with E-state index in [0.29, 0.717) is 10.8 Å². The molecule has 2 aromatic rings. The van der Waals surface area contributed by atoms with Crippen LogP contribution in [0.25, 0.3) is 0 Å². The molecular weight excluding hydrogens is 268 g/mol. The number of ether oxygens (including phenoxy) is 1. The molecule has 1 N–H and O–H groups in total. The molecule has 1 heterocycles. The van der Waals surface area contributed by atoms with Gasteiger partial charge in [0, 0.05) is 17.1 Å². The van der Waals surface area contributed by atoms with E-state index in [2.05, 4.69) is 22.6 Å². The van der Waals surface area contributed by atoms with Gasteiger partial charge in [0.15, 0.2) is 0 Å². The highest BCUT2D eigenvalue weighted by atomic mass is 35.5. The molecule has 5 heteroatoms. The number of rotatable bonds is 4. The number of aromatic nitrogens is 1. The predicted octanol–water partition coefficient (Wildman–Crippen LogP) is 4.29. The van der Waals surface area contributed by atoms with Gasteiger partial charge in [0.2, 0.25) is 0 Å². The molecule has 0 aliphatic rings. The van der Waals surface area contributed by atoms with Crippen LogP contribution in [0.3, 0.4) is 0 Å². The normalized spacial score (nSPS) is 12.2. The Balaban J connectivity index is 2.14. The van der Waals surface area contributed by atoms with Crippen molar-refractivity contribution in [2.75, 3.05) is 12.4 Å². The van der Waals surface area contributed by atoms with Gasteiger partial charge in [0.25, 0.3) is 0 Å². The Morgan fingerprint density at radius 1 is 1.44 bits per heavy atom. The number of nitrogens with zero attached hydrogens (tertiary/aromatic N) is 1. The summed E-state index contributed by atoms with van der Waals surface area (Å²) in [7, 11) is 1.61. The van der Waals surface area contributed by atoms with E-state index >= 15 is 0 Å². The van der Waals surface area contributed by atoms with E-state index in [1.54, 1.807) is 18.4 Å². The fourth-order valence-electron chi connectivity index (χ4n) is 1.65. The highest BCUT2D eigenvalue weighted by Gasteiger charge is 2.10. The smallest absolute Gasteiger partial charge is 0.139 e. The highest BCUT2D eigenvalue weighted by Crippen LogP contribution is 2.29. The van der Waals surface area contributed by atoms with E-state index < -0.39 is 0 Å². The number of benzene rings is 1. The molecule has 0 spiro atoms. The number of nitrogens with one attached hydrogen (secondary N) is 1. The van der Waals surface area contributed by atoms with Gasteiger partial charge in [-0.05, 0) is 26.0 Å². The van der Waals surface area contributed by atoms with Gasteiger partial charge in [-0.15, -0.1) is 11.3 Å². The van der Waals surface area contributed by atoms with Crippen molar-refractivity contribution in [2.24, 2.45) is 0 Å². The number of hydrogen-bond donors (Lipinski definition) is 1. The van der Waals surface area contributed by atoms with Crippen molar-refractivity contribution in [2.45, 2.75) is 19.9 Å². The first-order chi connectivity index (χ1) is 8.60. The largest absolute Gasteiger partial charge is 0.495 e. The zero-order valence-corrected chi connectivity index (χ0v) is 12.1. The minimum atomic E-state index is 0.154. The molecule has 0 amide bonds. The van der Waals surface area contributed by atoms with Crippen LogP contribution in [0.4, 0.5) is 5.69 Å². The van der Waals surface area contributed by atoms with Crippen LogP contribution in [0.15, 0.2) is 23.6 Å². The van der Waals surface area contributed by atoms with Crippen LogP contribution < -0.4 is 10.1 Å². The van der Waals surface area contributed by atoms with Crippen LogP contribution in [0, 0.1) is 6.92 Å². The van der Waals surface area contributed by atoms with Crippen LogP contribution in [-0.4, -0.2) is 12.1 Å². The number of hydrogen-bond acceptors (Lipinski definition) is 4. The van der Waals surface area contributed by atoms with Crippen LogP contribution >= 0.6 is 22.9 Å². The van der Waals surface area contributed by atoms with Crippen molar-refractivity contribution in [3.05, 3.63) is 39.3 Å². The SMILES string of the molecule is COc1cc(NC(C)c2csc(C)n2)ccc1Cl. The molecule has 1 aromatic heterocycles. The Morgan fingerprint density at radius 3 is 2.83 bits per heavy atom. The summed E-state index contributed by atoms with van der Waals surface area (Å²) in [5, 5.41) is 7.14. The molecule has 1 unspecified atom stereocenters. The summed E-state index contributed by atoms with van der Waals surface area (Å²) >= 11 is 7.65. The summed E-state index contributed by atoms with van der Waals surface area (Å²) in [6.07, 6.45) is 0. The summed E-state index contributed by atoms with van der Waals surface area (Å²) in [4.78, 5) is 4.47. The monoisotopic (exact) mass is 282 g/mol.